The molecule has 6 heteroatoms. The van der Waals surface area contributed by atoms with Gasteiger partial charge in [-0.3, -0.25) is 0 Å². The summed E-state index contributed by atoms with van der Waals surface area (Å²) in [5.41, 5.74) is 0. The summed E-state index contributed by atoms with van der Waals surface area (Å²) in [6.07, 6.45) is 3.46. The van der Waals surface area contributed by atoms with Crippen LogP contribution in [-0.2, 0) is 0 Å². The van der Waals surface area contributed by atoms with Gasteiger partial charge in [-0.05, 0) is 36.4 Å². The molecule has 24 heavy (non-hydrogen) atoms. The van der Waals surface area contributed by atoms with Crippen LogP contribution in [0.4, 0.5) is 0 Å². The second-order valence-corrected chi connectivity index (χ2v) is 10.1. The van der Waals surface area contributed by atoms with E-state index < -0.39 is 0 Å². The fourth-order valence-corrected chi connectivity index (χ4v) is 8.40. The highest BCUT2D eigenvalue weighted by molar-refractivity contribution is 7.50. The Balaban J connectivity index is 1.58. The molecule has 0 radical (unpaired) electrons. The normalized spacial score (nSPS) is 12.2. The number of hydrogen-bond donors (Lipinski definition) is 0. The smallest absolute Gasteiger partial charge is 0.143 e. The van der Waals surface area contributed by atoms with Gasteiger partial charge in [-0.15, -0.1) is 45.3 Å². The molecule has 2 nitrogen and oxygen atoms in total. The molecule has 6 aromatic heterocycles. The molecule has 0 saturated heterocycles. The van der Waals surface area contributed by atoms with E-state index in [4.69, 9.17) is 8.83 Å². The lowest BCUT2D eigenvalue weighted by atomic mass is 10.3. The molecule has 0 aliphatic rings. The molecule has 116 valence electrons. The Labute approximate surface area is 152 Å². The van der Waals surface area contributed by atoms with Crippen LogP contribution in [0.5, 0.6) is 0 Å². The number of hydrogen-bond acceptors (Lipinski definition) is 6. The van der Waals surface area contributed by atoms with Gasteiger partial charge in [0.1, 0.15) is 11.5 Å². The van der Waals surface area contributed by atoms with Gasteiger partial charge in [0, 0.05) is 10.8 Å². The molecule has 0 aromatic carbocycles. The standard InChI is InChI=1S/C18H8O2S4/c1-3-11(19-5-1)13-7-9-15-16(23-17(9)21-13)10-8-14(22-18(10)24-15)12-4-2-6-20-12/h1-8H. The molecule has 6 rings (SSSR count). The second-order valence-electron chi connectivity index (χ2n) is 5.44. The second kappa shape index (κ2) is 4.83. The molecule has 6 aromatic rings. The molecule has 0 saturated carbocycles. The van der Waals surface area contributed by atoms with Crippen molar-refractivity contribution in [2.75, 3.05) is 0 Å². The molecular weight excluding hydrogens is 376 g/mol. The Bertz CT molecular complexity index is 1190. The van der Waals surface area contributed by atoms with E-state index in [9.17, 15) is 0 Å². The largest absolute Gasteiger partial charge is 0.464 e. The van der Waals surface area contributed by atoms with Crippen molar-refractivity contribution in [1.82, 2.24) is 0 Å². The first kappa shape index (κ1) is 13.4. The molecule has 0 N–H and O–H groups in total. The fourth-order valence-electron chi connectivity index (χ4n) is 2.93. The zero-order chi connectivity index (χ0) is 15.7. The highest BCUT2D eigenvalue weighted by Gasteiger charge is 2.18. The van der Waals surface area contributed by atoms with Gasteiger partial charge in [-0.1, -0.05) is 0 Å². The van der Waals surface area contributed by atoms with Gasteiger partial charge < -0.3 is 8.83 Å². The lowest BCUT2D eigenvalue weighted by Crippen LogP contribution is -1.61. The van der Waals surface area contributed by atoms with Crippen molar-refractivity contribution in [1.29, 1.82) is 0 Å². The monoisotopic (exact) mass is 384 g/mol. The Morgan fingerprint density at radius 3 is 1.54 bits per heavy atom. The minimum Gasteiger partial charge on any atom is -0.464 e. The van der Waals surface area contributed by atoms with E-state index >= 15 is 0 Å². The van der Waals surface area contributed by atoms with Crippen molar-refractivity contribution < 1.29 is 8.83 Å². The van der Waals surface area contributed by atoms with Crippen molar-refractivity contribution in [3.63, 3.8) is 0 Å². The van der Waals surface area contributed by atoms with E-state index in [1.165, 1.54) is 38.0 Å². The molecule has 0 amide bonds. The Morgan fingerprint density at radius 2 is 1.12 bits per heavy atom. The van der Waals surface area contributed by atoms with Crippen molar-refractivity contribution >= 4 is 73.5 Å². The zero-order valence-electron chi connectivity index (χ0n) is 12.1. The van der Waals surface area contributed by atoms with Crippen LogP contribution in [0.15, 0.2) is 57.8 Å². The third-order valence-corrected chi connectivity index (χ3v) is 9.09. The van der Waals surface area contributed by atoms with Crippen molar-refractivity contribution in [3.05, 3.63) is 48.9 Å². The summed E-state index contributed by atoms with van der Waals surface area (Å²) in [4.78, 5) is 2.41. The molecule has 0 bridgehead atoms. The highest BCUT2D eigenvalue weighted by atomic mass is 32.2. The summed E-state index contributed by atoms with van der Waals surface area (Å²) in [6, 6.07) is 12.5. The summed E-state index contributed by atoms with van der Waals surface area (Å²) in [5.74, 6) is 1.91. The first-order valence-electron chi connectivity index (χ1n) is 7.33. The summed E-state index contributed by atoms with van der Waals surface area (Å²) < 4.78 is 16.6. The minimum atomic E-state index is 0.954. The lowest BCUT2D eigenvalue weighted by Gasteiger charge is -1.88. The molecule has 0 spiro atoms. The van der Waals surface area contributed by atoms with Crippen LogP contribution in [0.25, 0.3) is 49.5 Å². The molecule has 0 aliphatic carbocycles. The number of furan rings is 2. The van der Waals surface area contributed by atoms with E-state index in [2.05, 4.69) is 12.1 Å². The third kappa shape index (κ3) is 1.79. The Kier molecular flexibility index (Phi) is 2.70. The van der Waals surface area contributed by atoms with E-state index in [1.807, 2.05) is 69.6 Å². The maximum absolute atomic E-state index is 5.54. The van der Waals surface area contributed by atoms with Gasteiger partial charge in [0.05, 0.1) is 39.7 Å². The van der Waals surface area contributed by atoms with E-state index in [0.717, 1.165) is 11.5 Å². The topological polar surface area (TPSA) is 26.3 Å². The zero-order valence-corrected chi connectivity index (χ0v) is 15.3. The van der Waals surface area contributed by atoms with Gasteiger partial charge in [-0.2, -0.15) is 0 Å². The van der Waals surface area contributed by atoms with Crippen LogP contribution in [0, 0.1) is 0 Å². The van der Waals surface area contributed by atoms with Gasteiger partial charge in [-0.25, -0.2) is 0 Å². The van der Waals surface area contributed by atoms with E-state index in [0.29, 0.717) is 0 Å². The first-order chi connectivity index (χ1) is 11.9. The minimum absolute atomic E-state index is 0.954. The van der Waals surface area contributed by atoms with Gasteiger partial charge in [0.2, 0.25) is 0 Å². The van der Waals surface area contributed by atoms with Crippen LogP contribution >= 0.6 is 45.3 Å². The molecule has 0 aliphatic heterocycles. The van der Waals surface area contributed by atoms with Gasteiger partial charge in [0.25, 0.3) is 0 Å². The average Bonchev–Trinajstić information content (AvgIpc) is 3.36. The predicted molar refractivity (Wildman–Crippen MR) is 106 cm³/mol. The summed E-state index contributed by atoms with van der Waals surface area (Å²) in [6.45, 7) is 0. The van der Waals surface area contributed by atoms with Crippen molar-refractivity contribution in [2.24, 2.45) is 0 Å². The van der Waals surface area contributed by atoms with E-state index in [1.54, 1.807) is 12.5 Å². The van der Waals surface area contributed by atoms with E-state index in [-0.39, 0.29) is 0 Å². The maximum Gasteiger partial charge on any atom is 0.143 e. The SMILES string of the molecule is c1coc(-c2cc3c(s2)sc2c4cc(-c5ccco5)sc4sc32)c1. The fraction of sp³-hybridized carbons (Fsp3) is 0. The Hall–Kier alpha value is -1.86. The third-order valence-electron chi connectivity index (χ3n) is 4.01. The molecular formula is C18H8O2S4. The van der Waals surface area contributed by atoms with Gasteiger partial charge >= 0.3 is 0 Å². The summed E-state index contributed by atoms with van der Waals surface area (Å²) >= 11 is 7.41. The van der Waals surface area contributed by atoms with Crippen LogP contribution in [-0.4, -0.2) is 0 Å². The highest BCUT2D eigenvalue weighted by Crippen LogP contribution is 2.51. The predicted octanol–water partition coefficient (Wildman–Crippen LogP) is 7.91. The summed E-state index contributed by atoms with van der Waals surface area (Å²) in [5, 5.41) is 2.72. The van der Waals surface area contributed by atoms with Crippen LogP contribution < -0.4 is 0 Å². The Morgan fingerprint density at radius 1 is 0.625 bits per heavy atom. The van der Waals surface area contributed by atoms with Crippen molar-refractivity contribution in [3.8, 4) is 21.3 Å². The quantitative estimate of drug-likeness (QED) is 0.303. The molecule has 6 heterocycles. The number of fused-ring (bicyclic) bond motifs is 5. The van der Waals surface area contributed by atoms with Crippen molar-refractivity contribution in [2.45, 2.75) is 0 Å². The molecule has 0 atom stereocenters. The number of thiophene rings is 4. The van der Waals surface area contributed by atoms with Gasteiger partial charge in [0.15, 0.2) is 0 Å². The molecule has 0 unspecified atom stereocenters. The van der Waals surface area contributed by atoms with Crippen LogP contribution in [0.1, 0.15) is 0 Å². The average molecular weight is 385 g/mol. The lowest BCUT2D eigenvalue weighted by molar-refractivity contribution is 0.583. The maximum atomic E-state index is 5.54. The molecule has 0 fully saturated rings. The number of rotatable bonds is 2. The van der Waals surface area contributed by atoms with Crippen LogP contribution in [0.2, 0.25) is 0 Å². The first-order valence-corrected chi connectivity index (χ1v) is 10.6. The van der Waals surface area contributed by atoms with Crippen LogP contribution in [0.3, 0.4) is 0 Å². The summed E-state index contributed by atoms with van der Waals surface area (Å²) in [7, 11) is 0.